The van der Waals surface area contributed by atoms with Crippen LogP contribution in [0.2, 0.25) is 0 Å². The number of H-pyrrole nitrogens is 1. The molecular weight excluding hydrogens is 282 g/mol. The summed E-state index contributed by atoms with van der Waals surface area (Å²) < 4.78 is 4.77. The maximum atomic E-state index is 12.3. The number of methoxy groups -OCH3 is 1. The highest BCUT2D eigenvalue weighted by Crippen LogP contribution is 2.21. The molecule has 0 saturated heterocycles. The summed E-state index contributed by atoms with van der Waals surface area (Å²) in [5.41, 5.74) is 1.11. The summed E-state index contributed by atoms with van der Waals surface area (Å²) in [6.45, 7) is 5.63. The minimum atomic E-state index is -0.695. The Balaban J connectivity index is 2.13. The first-order valence-electron chi connectivity index (χ1n) is 7.12. The molecule has 6 heteroatoms. The van der Waals surface area contributed by atoms with E-state index >= 15 is 0 Å². The number of nitrogens with one attached hydrogen (secondary N) is 2. The third-order valence-corrected chi connectivity index (χ3v) is 3.49. The SMILES string of the molecule is COC(=O)[C@H](NC(=O)Cc1[nH]nc2ccccc12)C(C)(C)C. The van der Waals surface area contributed by atoms with Gasteiger partial charge < -0.3 is 10.1 Å². The Labute approximate surface area is 129 Å². The number of fused-ring (bicyclic) bond motifs is 1. The standard InChI is InChI=1S/C16H21N3O3/c1-16(2,3)14(15(21)22-4)17-13(20)9-12-10-7-5-6-8-11(10)18-19-12/h5-8,14H,9H2,1-4H3,(H,17,20)(H,18,19)/t14-/m0/s1. The van der Waals surface area contributed by atoms with Crippen molar-refractivity contribution in [2.24, 2.45) is 5.41 Å². The highest BCUT2D eigenvalue weighted by Gasteiger charge is 2.33. The molecule has 6 nitrogen and oxygen atoms in total. The van der Waals surface area contributed by atoms with Crippen LogP contribution < -0.4 is 5.32 Å². The summed E-state index contributed by atoms with van der Waals surface area (Å²) in [5.74, 6) is -0.699. The molecule has 0 aliphatic heterocycles. The second-order valence-corrected chi connectivity index (χ2v) is 6.29. The van der Waals surface area contributed by atoms with Crippen LogP contribution in [0.25, 0.3) is 10.9 Å². The van der Waals surface area contributed by atoms with E-state index in [9.17, 15) is 9.59 Å². The van der Waals surface area contributed by atoms with Crippen molar-refractivity contribution < 1.29 is 14.3 Å². The summed E-state index contributed by atoms with van der Waals surface area (Å²) in [6.07, 6.45) is 0.129. The third-order valence-electron chi connectivity index (χ3n) is 3.49. The molecule has 1 aromatic heterocycles. The van der Waals surface area contributed by atoms with Gasteiger partial charge in [-0.2, -0.15) is 5.10 Å². The molecule has 0 unspecified atom stereocenters. The minimum Gasteiger partial charge on any atom is -0.467 e. The number of amides is 1. The van der Waals surface area contributed by atoms with Gasteiger partial charge in [-0.25, -0.2) is 4.79 Å². The van der Waals surface area contributed by atoms with Gasteiger partial charge in [0.15, 0.2) is 0 Å². The number of carbonyl (C=O) groups is 2. The molecular formula is C16H21N3O3. The van der Waals surface area contributed by atoms with Crippen LogP contribution in [0.15, 0.2) is 24.3 Å². The van der Waals surface area contributed by atoms with E-state index in [1.54, 1.807) is 0 Å². The lowest BCUT2D eigenvalue weighted by Crippen LogP contribution is -2.50. The van der Waals surface area contributed by atoms with Gasteiger partial charge in [0.1, 0.15) is 6.04 Å². The van der Waals surface area contributed by atoms with E-state index in [4.69, 9.17) is 4.74 Å². The molecule has 0 saturated carbocycles. The largest absolute Gasteiger partial charge is 0.467 e. The molecule has 1 atom stereocenters. The number of benzene rings is 1. The molecule has 1 amide bonds. The van der Waals surface area contributed by atoms with Gasteiger partial charge in [-0.05, 0) is 11.5 Å². The maximum absolute atomic E-state index is 12.3. The number of nitrogens with zero attached hydrogens (tertiary/aromatic N) is 1. The number of aromatic amines is 1. The molecule has 1 heterocycles. The van der Waals surface area contributed by atoms with Crippen molar-refractivity contribution in [1.29, 1.82) is 0 Å². The minimum absolute atomic E-state index is 0.129. The van der Waals surface area contributed by atoms with Crippen molar-refractivity contribution in [3.63, 3.8) is 0 Å². The van der Waals surface area contributed by atoms with Crippen LogP contribution in [0.5, 0.6) is 0 Å². The fourth-order valence-corrected chi connectivity index (χ4v) is 2.27. The lowest BCUT2D eigenvalue weighted by atomic mass is 9.86. The molecule has 118 valence electrons. The Kier molecular flexibility index (Phi) is 4.49. The summed E-state index contributed by atoms with van der Waals surface area (Å²) in [4.78, 5) is 24.1. The number of para-hydroxylation sites is 1. The Morgan fingerprint density at radius 2 is 2.00 bits per heavy atom. The van der Waals surface area contributed by atoms with E-state index in [-0.39, 0.29) is 12.3 Å². The average Bonchev–Trinajstić information content (AvgIpc) is 2.86. The number of hydrogen-bond acceptors (Lipinski definition) is 4. The van der Waals surface area contributed by atoms with Gasteiger partial charge >= 0.3 is 5.97 Å². The van der Waals surface area contributed by atoms with Crippen LogP contribution in [0.4, 0.5) is 0 Å². The molecule has 0 bridgehead atoms. The second-order valence-electron chi connectivity index (χ2n) is 6.29. The summed E-state index contributed by atoms with van der Waals surface area (Å²) in [6, 6.07) is 6.87. The lowest BCUT2D eigenvalue weighted by Gasteiger charge is -2.28. The normalized spacial score (nSPS) is 12.9. The van der Waals surface area contributed by atoms with E-state index in [0.717, 1.165) is 16.6 Å². The number of carbonyl (C=O) groups excluding carboxylic acids is 2. The first-order valence-corrected chi connectivity index (χ1v) is 7.12. The van der Waals surface area contributed by atoms with Crippen LogP contribution in [-0.2, 0) is 20.7 Å². The molecule has 0 aliphatic rings. The number of aromatic nitrogens is 2. The third kappa shape index (κ3) is 3.44. The molecule has 22 heavy (non-hydrogen) atoms. The molecule has 1 aromatic carbocycles. The zero-order valence-corrected chi connectivity index (χ0v) is 13.3. The molecule has 2 N–H and O–H groups in total. The lowest BCUT2D eigenvalue weighted by molar-refractivity contribution is -0.148. The van der Waals surface area contributed by atoms with E-state index in [0.29, 0.717) is 0 Å². The van der Waals surface area contributed by atoms with Crippen molar-refractivity contribution >= 4 is 22.8 Å². The number of hydrogen-bond donors (Lipinski definition) is 2. The van der Waals surface area contributed by atoms with Crippen molar-refractivity contribution in [3.05, 3.63) is 30.0 Å². The molecule has 0 fully saturated rings. The average molecular weight is 303 g/mol. The summed E-state index contributed by atoms with van der Waals surface area (Å²) in [7, 11) is 1.32. The molecule has 0 radical (unpaired) electrons. The topological polar surface area (TPSA) is 84.1 Å². The van der Waals surface area contributed by atoms with E-state index in [1.807, 2.05) is 45.0 Å². The summed E-state index contributed by atoms with van der Waals surface area (Å²) >= 11 is 0. The first-order chi connectivity index (χ1) is 10.3. The molecule has 2 rings (SSSR count). The number of esters is 1. The predicted molar refractivity (Wildman–Crippen MR) is 83.2 cm³/mol. The monoisotopic (exact) mass is 303 g/mol. The predicted octanol–water partition coefficient (Wildman–Crippen LogP) is 1.81. The van der Waals surface area contributed by atoms with Gasteiger partial charge in [0.25, 0.3) is 0 Å². The fourth-order valence-electron chi connectivity index (χ4n) is 2.27. The quantitative estimate of drug-likeness (QED) is 0.844. The van der Waals surface area contributed by atoms with Crippen LogP contribution in [0, 0.1) is 5.41 Å². The molecule has 0 aliphatic carbocycles. The Bertz CT molecular complexity index is 685. The Morgan fingerprint density at radius 3 is 2.64 bits per heavy atom. The van der Waals surface area contributed by atoms with Crippen LogP contribution in [-0.4, -0.2) is 35.2 Å². The number of ether oxygens (including phenoxy) is 1. The first kappa shape index (κ1) is 16.0. The maximum Gasteiger partial charge on any atom is 0.328 e. The van der Waals surface area contributed by atoms with E-state index < -0.39 is 17.4 Å². The second kappa shape index (κ2) is 6.17. The zero-order valence-electron chi connectivity index (χ0n) is 13.3. The Morgan fingerprint density at radius 1 is 1.32 bits per heavy atom. The smallest absolute Gasteiger partial charge is 0.328 e. The Hall–Kier alpha value is -2.37. The molecule has 0 spiro atoms. The highest BCUT2D eigenvalue weighted by atomic mass is 16.5. The van der Waals surface area contributed by atoms with Gasteiger partial charge in [0.2, 0.25) is 5.91 Å². The van der Waals surface area contributed by atoms with Crippen LogP contribution in [0.1, 0.15) is 26.5 Å². The van der Waals surface area contributed by atoms with E-state index in [2.05, 4.69) is 15.5 Å². The van der Waals surface area contributed by atoms with Gasteiger partial charge in [-0.3, -0.25) is 9.89 Å². The summed E-state index contributed by atoms with van der Waals surface area (Å²) in [5, 5.41) is 10.7. The fraction of sp³-hybridized carbons (Fsp3) is 0.438. The van der Waals surface area contributed by atoms with Crippen molar-refractivity contribution in [2.45, 2.75) is 33.2 Å². The van der Waals surface area contributed by atoms with Gasteiger partial charge in [-0.15, -0.1) is 0 Å². The van der Waals surface area contributed by atoms with Crippen molar-refractivity contribution in [1.82, 2.24) is 15.5 Å². The number of rotatable bonds is 4. The van der Waals surface area contributed by atoms with Crippen molar-refractivity contribution in [2.75, 3.05) is 7.11 Å². The van der Waals surface area contributed by atoms with Gasteiger partial charge in [-0.1, -0.05) is 39.0 Å². The van der Waals surface area contributed by atoms with E-state index in [1.165, 1.54) is 7.11 Å². The van der Waals surface area contributed by atoms with Gasteiger partial charge in [0.05, 0.1) is 24.7 Å². The van der Waals surface area contributed by atoms with Crippen LogP contribution in [0.3, 0.4) is 0 Å². The molecule has 2 aromatic rings. The van der Waals surface area contributed by atoms with Crippen LogP contribution >= 0.6 is 0 Å². The van der Waals surface area contributed by atoms with Gasteiger partial charge in [0, 0.05) is 5.39 Å². The van der Waals surface area contributed by atoms with Crippen molar-refractivity contribution in [3.8, 4) is 0 Å². The zero-order chi connectivity index (χ0) is 16.3. The highest BCUT2D eigenvalue weighted by molar-refractivity contribution is 5.89.